The van der Waals surface area contributed by atoms with Gasteiger partial charge in [-0.05, 0) is 31.8 Å². The molecule has 0 saturated carbocycles. The van der Waals surface area contributed by atoms with Crippen molar-refractivity contribution in [3.05, 3.63) is 29.8 Å². The first-order valence-corrected chi connectivity index (χ1v) is 5.82. The molecule has 0 spiro atoms. The summed E-state index contributed by atoms with van der Waals surface area (Å²) < 4.78 is 4.85. The normalized spacial score (nSPS) is 12.5. The van der Waals surface area contributed by atoms with Crippen molar-refractivity contribution in [1.29, 1.82) is 0 Å². The van der Waals surface area contributed by atoms with Crippen LogP contribution in [0.2, 0.25) is 0 Å². The van der Waals surface area contributed by atoms with Crippen LogP contribution in [-0.2, 0) is 16.1 Å². The van der Waals surface area contributed by atoms with Gasteiger partial charge in [-0.25, -0.2) is 0 Å². The molecule has 18 heavy (non-hydrogen) atoms. The van der Waals surface area contributed by atoms with Crippen LogP contribution in [-0.4, -0.2) is 44.7 Å². The average Bonchev–Trinajstić information content (AvgIpc) is 2.28. The minimum Gasteiger partial charge on any atom is -0.383 e. The molecule has 100 valence electrons. The van der Waals surface area contributed by atoms with Gasteiger partial charge in [-0.1, -0.05) is 12.1 Å². The Bertz CT molecular complexity index is 394. The molecular weight excluding hydrogens is 230 g/mol. The van der Waals surface area contributed by atoms with E-state index in [1.807, 2.05) is 38.4 Å². The Morgan fingerprint density at radius 1 is 1.50 bits per heavy atom. The fraction of sp³-hybridized carbons (Fsp3) is 0.462. The molecule has 3 N–H and O–H groups in total. The molecule has 0 heterocycles. The summed E-state index contributed by atoms with van der Waals surface area (Å²) in [7, 11) is 5.52. The monoisotopic (exact) mass is 251 g/mol. The zero-order chi connectivity index (χ0) is 13.5. The molecule has 1 atom stereocenters. The van der Waals surface area contributed by atoms with Crippen molar-refractivity contribution in [2.24, 2.45) is 5.73 Å². The molecule has 1 unspecified atom stereocenters. The zero-order valence-corrected chi connectivity index (χ0v) is 11.1. The van der Waals surface area contributed by atoms with Crippen molar-refractivity contribution >= 4 is 11.6 Å². The van der Waals surface area contributed by atoms with E-state index < -0.39 is 6.04 Å². The van der Waals surface area contributed by atoms with E-state index in [0.29, 0.717) is 0 Å². The van der Waals surface area contributed by atoms with E-state index in [-0.39, 0.29) is 12.5 Å². The fourth-order valence-electron chi connectivity index (χ4n) is 1.60. The van der Waals surface area contributed by atoms with Crippen molar-refractivity contribution in [2.45, 2.75) is 12.6 Å². The van der Waals surface area contributed by atoms with Crippen LogP contribution in [0.3, 0.4) is 0 Å². The first-order chi connectivity index (χ1) is 8.52. The molecule has 0 radical (unpaired) electrons. The van der Waals surface area contributed by atoms with Crippen molar-refractivity contribution in [3.63, 3.8) is 0 Å². The summed E-state index contributed by atoms with van der Waals surface area (Å²) in [6.45, 7) is 1.04. The van der Waals surface area contributed by atoms with Gasteiger partial charge in [-0.15, -0.1) is 0 Å². The van der Waals surface area contributed by atoms with Crippen LogP contribution in [0, 0.1) is 0 Å². The molecule has 0 saturated heterocycles. The van der Waals surface area contributed by atoms with Crippen LogP contribution < -0.4 is 11.1 Å². The van der Waals surface area contributed by atoms with Crippen LogP contribution >= 0.6 is 0 Å². The third kappa shape index (κ3) is 4.83. The van der Waals surface area contributed by atoms with E-state index in [0.717, 1.165) is 17.8 Å². The first-order valence-electron chi connectivity index (χ1n) is 5.82. The highest BCUT2D eigenvalue weighted by Gasteiger charge is 2.13. The second-order valence-corrected chi connectivity index (χ2v) is 4.49. The summed E-state index contributed by atoms with van der Waals surface area (Å²) in [5, 5.41) is 2.78. The Labute approximate surface area is 108 Å². The number of hydrogen-bond acceptors (Lipinski definition) is 4. The molecule has 0 aliphatic rings. The van der Waals surface area contributed by atoms with E-state index >= 15 is 0 Å². The molecule has 0 bridgehead atoms. The summed E-state index contributed by atoms with van der Waals surface area (Å²) in [6, 6.07) is 7.07. The highest BCUT2D eigenvalue weighted by atomic mass is 16.5. The number of nitrogens with two attached hydrogens (primary N) is 1. The maximum absolute atomic E-state index is 11.7. The minimum absolute atomic E-state index is 0.212. The third-order valence-electron chi connectivity index (χ3n) is 2.38. The Hall–Kier alpha value is -1.43. The quantitative estimate of drug-likeness (QED) is 0.779. The van der Waals surface area contributed by atoms with Crippen molar-refractivity contribution in [1.82, 2.24) is 4.90 Å². The van der Waals surface area contributed by atoms with Crippen LogP contribution in [0.5, 0.6) is 0 Å². The topological polar surface area (TPSA) is 67.6 Å². The van der Waals surface area contributed by atoms with Gasteiger partial charge in [-0.3, -0.25) is 4.79 Å². The largest absolute Gasteiger partial charge is 0.383 e. The highest BCUT2D eigenvalue weighted by Crippen LogP contribution is 2.12. The van der Waals surface area contributed by atoms with Crippen molar-refractivity contribution in [3.8, 4) is 0 Å². The second kappa shape index (κ2) is 7.10. The van der Waals surface area contributed by atoms with Gasteiger partial charge in [0.05, 0.1) is 6.61 Å². The summed E-state index contributed by atoms with van der Waals surface area (Å²) >= 11 is 0. The molecule has 0 aliphatic carbocycles. The number of carbonyl (C=O) groups excluding carboxylic acids is 1. The van der Waals surface area contributed by atoms with Gasteiger partial charge in [0.25, 0.3) is 0 Å². The predicted octanol–water partition coefficient (Wildman–Crippen LogP) is 0.660. The summed E-state index contributed by atoms with van der Waals surface area (Å²) in [4.78, 5) is 13.8. The van der Waals surface area contributed by atoms with Crippen molar-refractivity contribution < 1.29 is 9.53 Å². The number of benzene rings is 1. The molecule has 5 nitrogen and oxygen atoms in total. The molecule has 0 aliphatic heterocycles. The van der Waals surface area contributed by atoms with Crippen LogP contribution in [0.4, 0.5) is 5.69 Å². The Balaban J connectivity index is 2.64. The molecule has 0 aromatic heterocycles. The molecule has 1 aromatic carbocycles. The molecule has 0 fully saturated rings. The highest BCUT2D eigenvalue weighted by molar-refractivity contribution is 5.94. The van der Waals surface area contributed by atoms with E-state index in [9.17, 15) is 4.79 Å². The van der Waals surface area contributed by atoms with Gasteiger partial charge in [0.15, 0.2) is 0 Å². The molecular formula is C13H21N3O2. The summed E-state index contributed by atoms with van der Waals surface area (Å²) in [6.07, 6.45) is 0. The molecule has 1 amide bonds. The fourth-order valence-corrected chi connectivity index (χ4v) is 1.60. The minimum atomic E-state index is -0.646. The van der Waals surface area contributed by atoms with Gasteiger partial charge in [-0.2, -0.15) is 0 Å². The Morgan fingerprint density at radius 3 is 2.83 bits per heavy atom. The van der Waals surface area contributed by atoms with Crippen LogP contribution in [0.1, 0.15) is 5.56 Å². The van der Waals surface area contributed by atoms with E-state index in [1.54, 1.807) is 0 Å². The zero-order valence-electron chi connectivity index (χ0n) is 11.1. The standard InChI is InChI=1S/C13H21N3O2/c1-16(2)8-10-5-4-6-11(7-10)15-13(17)12(14)9-18-3/h4-7,12H,8-9,14H2,1-3H3,(H,15,17). The number of nitrogens with one attached hydrogen (secondary N) is 1. The molecule has 5 heteroatoms. The number of carbonyl (C=O) groups is 1. The van der Waals surface area contributed by atoms with E-state index in [1.165, 1.54) is 7.11 Å². The number of methoxy groups -OCH3 is 1. The number of hydrogen-bond donors (Lipinski definition) is 2. The van der Waals surface area contributed by atoms with Crippen molar-refractivity contribution in [2.75, 3.05) is 33.1 Å². The summed E-state index contributed by atoms with van der Waals surface area (Å²) in [5.74, 6) is -0.237. The lowest BCUT2D eigenvalue weighted by Crippen LogP contribution is -2.39. The number of nitrogens with zero attached hydrogens (tertiary/aromatic N) is 1. The van der Waals surface area contributed by atoms with Crippen LogP contribution in [0.25, 0.3) is 0 Å². The molecule has 1 rings (SSSR count). The third-order valence-corrected chi connectivity index (χ3v) is 2.38. The van der Waals surface area contributed by atoms with Gasteiger partial charge in [0.1, 0.15) is 6.04 Å². The van der Waals surface area contributed by atoms with E-state index in [2.05, 4.69) is 10.2 Å². The number of ether oxygens (including phenoxy) is 1. The maximum Gasteiger partial charge on any atom is 0.243 e. The lowest BCUT2D eigenvalue weighted by molar-refractivity contribution is -0.118. The smallest absolute Gasteiger partial charge is 0.243 e. The SMILES string of the molecule is COCC(N)C(=O)Nc1cccc(CN(C)C)c1. The van der Waals surface area contributed by atoms with E-state index in [4.69, 9.17) is 10.5 Å². The molecule has 1 aromatic rings. The predicted molar refractivity (Wildman–Crippen MR) is 72.3 cm³/mol. The number of rotatable bonds is 6. The average molecular weight is 251 g/mol. The number of amides is 1. The summed E-state index contributed by atoms with van der Waals surface area (Å²) in [5.41, 5.74) is 7.54. The van der Waals surface area contributed by atoms with Crippen LogP contribution in [0.15, 0.2) is 24.3 Å². The van der Waals surface area contributed by atoms with Gasteiger partial charge in [0, 0.05) is 19.3 Å². The Morgan fingerprint density at radius 2 is 2.22 bits per heavy atom. The van der Waals surface area contributed by atoms with Gasteiger partial charge < -0.3 is 20.7 Å². The lowest BCUT2D eigenvalue weighted by atomic mass is 10.2. The Kier molecular flexibility index (Phi) is 5.77. The van der Waals surface area contributed by atoms with Gasteiger partial charge >= 0.3 is 0 Å². The van der Waals surface area contributed by atoms with Gasteiger partial charge in [0.2, 0.25) is 5.91 Å². The second-order valence-electron chi connectivity index (χ2n) is 4.49. The first kappa shape index (κ1) is 14.6. The maximum atomic E-state index is 11.7. The number of anilines is 1. The lowest BCUT2D eigenvalue weighted by Gasteiger charge is -2.13.